The summed E-state index contributed by atoms with van der Waals surface area (Å²) in [5.41, 5.74) is 2.92. The van der Waals surface area contributed by atoms with Gasteiger partial charge in [-0.05, 0) is 66.8 Å². The third kappa shape index (κ3) is 1.44. The fourth-order valence-corrected chi connectivity index (χ4v) is 6.00. The lowest BCUT2D eigenvalue weighted by molar-refractivity contribution is -0.0738. The molecule has 0 heteroatoms. The SMILES string of the molecule is CCC12CC3CC(C1)CC(c1ccccc1)(C3)C2. The Balaban J connectivity index is 1.78. The van der Waals surface area contributed by atoms with Gasteiger partial charge in [0.1, 0.15) is 0 Å². The van der Waals surface area contributed by atoms with E-state index in [0.717, 1.165) is 11.8 Å². The molecule has 4 bridgehead atoms. The van der Waals surface area contributed by atoms with E-state index in [4.69, 9.17) is 0 Å². The summed E-state index contributed by atoms with van der Waals surface area (Å²) in [5.74, 6) is 2.07. The number of hydrogen-bond donors (Lipinski definition) is 0. The van der Waals surface area contributed by atoms with Crippen molar-refractivity contribution in [2.45, 2.75) is 57.3 Å². The lowest BCUT2D eigenvalue weighted by Gasteiger charge is -2.62. The Kier molecular flexibility index (Phi) is 2.23. The number of hydrogen-bond acceptors (Lipinski definition) is 0. The summed E-state index contributed by atoms with van der Waals surface area (Å²) in [4.78, 5) is 0. The molecule has 2 atom stereocenters. The lowest BCUT2D eigenvalue weighted by atomic mass is 9.42. The second-order valence-corrected chi connectivity index (χ2v) is 7.46. The summed E-state index contributed by atoms with van der Waals surface area (Å²) in [5, 5.41) is 0. The van der Waals surface area contributed by atoms with Crippen molar-refractivity contribution in [3.05, 3.63) is 35.9 Å². The number of benzene rings is 1. The van der Waals surface area contributed by atoms with Gasteiger partial charge in [0.25, 0.3) is 0 Å². The normalized spacial score (nSPS) is 45.4. The van der Waals surface area contributed by atoms with Crippen LogP contribution in [0.15, 0.2) is 30.3 Å². The fourth-order valence-electron chi connectivity index (χ4n) is 6.00. The van der Waals surface area contributed by atoms with E-state index < -0.39 is 0 Å². The molecule has 0 aromatic heterocycles. The Bertz CT molecular complexity index is 430. The zero-order valence-electron chi connectivity index (χ0n) is 11.5. The van der Waals surface area contributed by atoms with Crippen LogP contribution >= 0.6 is 0 Å². The molecule has 0 N–H and O–H groups in total. The Morgan fingerprint density at radius 1 is 1.00 bits per heavy atom. The van der Waals surface area contributed by atoms with E-state index >= 15 is 0 Å². The van der Waals surface area contributed by atoms with Gasteiger partial charge in [0.15, 0.2) is 0 Å². The quantitative estimate of drug-likeness (QED) is 0.687. The maximum atomic E-state index is 2.44. The lowest BCUT2D eigenvalue weighted by Crippen LogP contribution is -2.53. The van der Waals surface area contributed by atoms with Gasteiger partial charge in [-0.1, -0.05) is 43.7 Å². The molecular weight excluding hydrogens is 216 g/mol. The zero-order chi connectivity index (χ0) is 12.2. The summed E-state index contributed by atoms with van der Waals surface area (Å²) >= 11 is 0. The maximum absolute atomic E-state index is 2.44. The van der Waals surface area contributed by atoms with Gasteiger partial charge >= 0.3 is 0 Å². The minimum Gasteiger partial charge on any atom is -0.0649 e. The summed E-state index contributed by atoms with van der Waals surface area (Å²) < 4.78 is 0. The molecule has 4 aliphatic carbocycles. The predicted octanol–water partition coefficient (Wildman–Crippen LogP) is 4.93. The van der Waals surface area contributed by atoms with Crippen LogP contribution in [0.5, 0.6) is 0 Å². The van der Waals surface area contributed by atoms with Crippen LogP contribution < -0.4 is 0 Å². The van der Waals surface area contributed by atoms with Crippen LogP contribution in [0.3, 0.4) is 0 Å². The van der Waals surface area contributed by atoms with Gasteiger partial charge in [-0.3, -0.25) is 0 Å². The van der Waals surface area contributed by atoms with E-state index in [9.17, 15) is 0 Å². The van der Waals surface area contributed by atoms with E-state index in [1.807, 2.05) is 0 Å². The van der Waals surface area contributed by atoms with Crippen LogP contribution in [-0.4, -0.2) is 0 Å². The number of rotatable bonds is 2. The fraction of sp³-hybridized carbons (Fsp3) is 0.667. The van der Waals surface area contributed by atoms with Gasteiger partial charge in [-0.2, -0.15) is 0 Å². The van der Waals surface area contributed by atoms with Crippen LogP contribution in [0.4, 0.5) is 0 Å². The Hall–Kier alpha value is -0.780. The van der Waals surface area contributed by atoms with Crippen molar-refractivity contribution in [3.63, 3.8) is 0 Å². The van der Waals surface area contributed by atoms with Crippen LogP contribution in [0.2, 0.25) is 0 Å². The first-order valence-electron chi connectivity index (χ1n) is 7.79. The highest BCUT2D eigenvalue weighted by molar-refractivity contribution is 5.30. The third-order valence-electron chi connectivity index (χ3n) is 6.32. The molecule has 0 aliphatic heterocycles. The van der Waals surface area contributed by atoms with Crippen molar-refractivity contribution in [3.8, 4) is 0 Å². The molecule has 0 nitrogen and oxygen atoms in total. The van der Waals surface area contributed by atoms with Crippen LogP contribution in [0.1, 0.15) is 57.4 Å². The molecular formula is C18H24. The van der Waals surface area contributed by atoms with Crippen molar-refractivity contribution >= 4 is 0 Å². The zero-order valence-corrected chi connectivity index (χ0v) is 11.5. The Morgan fingerprint density at radius 3 is 2.28 bits per heavy atom. The molecule has 0 amide bonds. The van der Waals surface area contributed by atoms with E-state index in [2.05, 4.69) is 37.3 Å². The third-order valence-corrected chi connectivity index (χ3v) is 6.32. The van der Waals surface area contributed by atoms with E-state index in [1.54, 1.807) is 5.56 Å². The second kappa shape index (κ2) is 3.62. The summed E-state index contributed by atoms with van der Waals surface area (Å²) in [6.07, 6.45) is 10.5. The molecule has 4 fully saturated rings. The molecule has 1 aromatic carbocycles. The summed E-state index contributed by atoms with van der Waals surface area (Å²) in [6.45, 7) is 2.44. The molecule has 0 spiro atoms. The first kappa shape index (κ1) is 11.1. The van der Waals surface area contributed by atoms with Crippen LogP contribution in [-0.2, 0) is 5.41 Å². The standard InChI is InChI=1S/C18H24/c1-2-17-9-14-8-15(10-17)12-18(11-14,13-17)16-6-4-3-5-7-16/h3-7,14-15H,2,8-13H2,1H3. The van der Waals surface area contributed by atoms with Crippen molar-refractivity contribution in [1.29, 1.82) is 0 Å². The molecule has 96 valence electrons. The van der Waals surface area contributed by atoms with Gasteiger partial charge in [0, 0.05) is 0 Å². The minimum absolute atomic E-state index is 0.557. The monoisotopic (exact) mass is 240 g/mol. The largest absolute Gasteiger partial charge is 0.0649 e. The topological polar surface area (TPSA) is 0 Å². The predicted molar refractivity (Wildman–Crippen MR) is 75.5 cm³/mol. The van der Waals surface area contributed by atoms with Crippen LogP contribution in [0.25, 0.3) is 0 Å². The molecule has 5 rings (SSSR count). The summed E-state index contributed by atoms with van der Waals surface area (Å²) in [6, 6.07) is 11.5. The van der Waals surface area contributed by atoms with Gasteiger partial charge < -0.3 is 0 Å². The smallest absolute Gasteiger partial charge is 0.00364 e. The molecule has 1 aromatic rings. The average Bonchev–Trinajstić information content (AvgIpc) is 2.38. The average molecular weight is 240 g/mol. The van der Waals surface area contributed by atoms with Crippen LogP contribution in [0, 0.1) is 17.3 Å². The molecule has 0 radical (unpaired) electrons. The molecule has 4 aliphatic rings. The van der Waals surface area contributed by atoms with Crippen molar-refractivity contribution < 1.29 is 0 Å². The molecule has 0 saturated heterocycles. The minimum atomic E-state index is 0.557. The van der Waals surface area contributed by atoms with E-state index in [-0.39, 0.29) is 0 Å². The van der Waals surface area contributed by atoms with E-state index in [0.29, 0.717) is 10.8 Å². The van der Waals surface area contributed by atoms with Gasteiger partial charge in [-0.25, -0.2) is 0 Å². The summed E-state index contributed by atoms with van der Waals surface area (Å²) in [7, 11) is 0. The van der Waals surface area contributed by atoms with Crippen molar-refractivity contribution in [2.24, 2.45) is 17.3 Å². The molecule has 18 heavy (non-hydrogen) atoms. The van der Waals surface area contributed by atoms with Gasteiger partial charge in [0.2, 0.25) is 0 Å². The highest BCUT2D eigenvalue weighted by atomic mass is 14.6. The van der Waals surface area contributed by atoms with E-state index in [1.165, 1.54) is 44.9 Å². The molecule has 0 heterocycles. The van der Waals surface area contributed by atoms with Crippen molar-refractivity contribution in [1.82, 2.24) is 0 Å². The Morgan fingerprint density at radius 2 is 1.67 bits per heavy atom. The first-order valence-corrected chi connectivity index (χ1v) is 7.79. The van der Waals surface area contributed by atoms with Crippen molar-refractivity contribution in [2.75, 3.05) is 0 Å². The van der Waals surface area contributed by atoms with Gasteiger partial charge in [0.05, 0.1) is 0 Å². The maximum Gasteiger partial charge on any atom is -0.00364 e. The highest BCUT2D eigenvalue weighted by Gasteiger charge is 2.57. The first-order chi connectivity index (χ1) is 8.74. The van der Waals surface area contributed by atoms with Gasteiger partial charge in [-0.15, -0.1) is 0 Å². The molecule has 4 saturated carbocycles. The second-order valence-electron chi connectivity index (χ2n) is 7.46. The Labute approximate surface area is 111 Å². The highest BCUT2D eigenvalue weighted by Crippen LogP contribution is 2.66. The molecule has 2 unspecified atom stereocenters.